The van der Waals surface area contributed by atoms with Crippen LogP contribution in [0.1, 0.15) is 89.5 Å². The summed E-state index contributed by atoms with van der Waals surface area (Å²) >= 11 is 0. The molecule has 1 aromatic rings. The Labute approximate surface area is 126 Å². The molecule has 0 unspecified atom stereocenters. The largest absolute Gasteiger partial charge is 0.399 e. The highest BCUT2D eigenvalue weighted by Gasteiger charge is 2.11. The maximum absolute atomic E-state index is 5.81. The number of rotatable bonds is 11. The Balaban J connectivity index is 2.47. The fourth-order valence-electron chi connectivity index (χ4n) is 2.88. The van der Waals surface area contributed by atoms with Gasteiger partial charge in [-0.05, 0) is 36.5 Å². The number of hydrogen-bond donors (Lipinski definition) is 1. The van der Waals surface area contributed by atoms with Crippen LogP contribution >= 0.6 is 0 Å². The molecule has 0 aromatic heterocycles. The first-order valence-corrected chi connectivity index (χ1v) is 8.63. The van der Waals surface area contributed by atoms with Crippen LogP contribution in [0.25, 0.3) is 0 Å². The first kappa shape index (κ1) is 17.1. The molecule has 20 heavy (non-hydrogen) atoms. The molecular formula is C19H33N. The van der Waals surface area contributed by atoms with E-state index in [0.29, 0.717) is 0 Å². The van der Waals surface area contributed by atoms with Crippen molar-refractivity contribution in [3.63, 3.8) is 0 Å². The Hall–Kier alpha value is -0.980. The third-order valence-electron chi connectivity index (χ3n) is 4.22. The highest BCUT2D eigenvalue weighted by Crippen LogP contribution is 2.29. The predicted octanol–water partition coefficient (Wildman–Crippen LogP) is 6.29. The van der Waals surface area contributed by atoms with Gasteiger partial charge in [-0.2, -0.15) is 0 Å². The van der Waals surface area contributed by atoms with Crippen LogP contribution < -0.4 is 5.73 Å². The molecule has 0 radical (unpaired) electrons. The molecule has 0 aliphatic rings. The average Bonchev–Trinajstić information content (AvgIpc) is 2.47. The van der Waals surface area contributed by atoms with E-state index in [1.165, 1.54) is 69.8 Å². The predicted molar refractivity (Wildman–Crippen MR) is 91.1 cm³/mol. The molecule has 0 heterocycles. The molecule has 0 saturated carbocycles. The molecule has 1 nitrogen and oxygen atoms in total. The van der Waals surface area contributed by atoms with Crippen LogP contribution in [-0.4, -0.2) is 0 Å². The van der Waals surface area contributed by atoms with Crippen molar-refractivity contribution >= 4 is 5.69 Å². The number of benzene rings is 1. The second kappa shape index (κ2) is 10.8. The van der Waals surface area contributed by atoms with Crippen molar-refractivity contribution < 1.29 is 0 Å². The van der Waals surface area contributed by atoms with Gasteiger partial charge in [-0.3, -0.25) is 0 Å². The van der Waals surface area contributed by atoms with Crippen molar-refractivity contribution in [3.05, 3.63) is 29.8 Å². The van der Waals surface area contributed by atoms with Gasteiger partial charge in [0.05, 0.1) is 0 Å². The van der Waals surface area contributed by atoms with Gasteiger partial charge < -0.3 is 5.73 Å². The number of anilines is 1. The van der Waals surface area contributed by atoms with Crippen molar-refractivity contribution in [3.8, 4) is 0 Å². The van der Waals surface area contributed by atoms with E-state index in [2.05, 4.69) is 38.1 Å². The normalized spacial score (nSPS) is 11.2. The van der Waals surface area contributed by atoms with Crippen molar-refractivity contribution in [2.75, 3.05) is 5.73 Å². The topological polar surface area (TPSA) is 26.0 Å². The van der Waals surface area contributed by atoms with Gasteiger partial charge in [0.25, 0.3) is 0 Å². The van der Waals surface area contributed by atoms with Crippen LogP contribution in [0.3, 0.4) is 0 Å². The molecule has 1 heteroatoms. The van der Waals surface area contributed by atoms with E-state index in [9.17, 15) is 0 Å². The summed E-state index contributed by atoms with van der Waals surface area (Å²) in [6.07, 6.45) is 13.6. The van der Waals surface area contributed by atoms with Crippen LogP contribution in [0.2, 0.25) is 0 Å². The Morgan fingerprint density at radius 3 is 1.70 bits per heavy atom. The van der Waals surface area contributed by atoms with Gasteiger partial charge in [-0.25, -0.2) is 0 Å². The lowest BCUT2D eigenvalue weighted by Crippen LogP contribution is -2.00. The lowest BCUT2D eigenvalue weighted by molar-refractivity contribution is 0.496. The Kier molecular flexibility index (Phi) is 9.19. The average molecular weight is 275 g/mol. The zero-order valence-corrected chi connectivity index (χ0v) is 13.5. The summed E-state index contributed by atoms with van der Waals surface area (Å²) in [4.78, 5) is 0. The zero-order valence-electron chi connectivity index (χ0n) is 13.5. The summed E-state index contributed by atoms with van der Waals surface area (Å²) in [5.74, 6) is 0.740. The van der Waals surface area contributed by atoms with Crippen molar-refractivity contribution in [1.29, 1.82) is 0 Å². The van der Waals surface area contributed by atoms with Gasteiger partial charge in [-0.1, -0.05) is 77.3 Å². The zero-order chi connectivity index (χ0) is 14.6. The molecule has 0 spiro atoms. The van der Waals surface area contributed by atoms with Gasteiger partial charge in [0, 0.05) is 5.69 Å². The second-order valence-electron chi connectivity index (χ2n) is 6.06. The van der Waals surface area contributed by atoms with Crippen LogP contribution in [0.5, 0.6) is 0 Å². The second-order valence-corrected chi connectivity index (χ2v) is 6.06. The van der Waals surface area contributed by atoms with E-state index in [-0.39, 0.29) is 0 Å². The Bertz CT molecular complexity index is 316. The number of hydrogen-bond acceptors (Lipinski definition) is 1. The minimum atomic E-state index is 0.740. The van der Waals surface area contributed by atoms with Gasteiger partial charge in [0.1, 0.15) is 0 Å². The standard InChI is InChI=1S/C19H33N/c1-3-5-7-9-11-17(12-10-8-6-4-2)18-13-15-19(20)16-14-18/h13-17H,3-12,20H2,1-2H3. The molecule has 0 atom stereocenters. The smallest absolute Gasteiger partial charge is 0.0314 e. The molecule has 0 fully saturated rings. The molecule has 1 rings (SSSR count). The third-order valence-corrected chi connectivity index (χ3v) is 4.22. The molecule has 0 aliphatic heterocycles. The maximum Gasteiger partial charge on any atom is 0.0314 e. The molecule has 1 aromatic carbocycles. The van der Waals surface area contributed by atoms with Gasteiger partial charge in [-0.15, -0.1) is 0 Å². The fourth-order valence-corrected chi connectivity index (χ4v) is 2.88. The summed E-state index contributed by atoms with van der Waals surface area (Å²) in [6, 6.07) is 8.58. The van der Waals surface area contributed by atoms with Gasteiger partial charge in [0.2, 0.25) is 0 Å². The lowest BCUT2D eigenvalue weighted by Gasteiger charge is -2.17. The van der Waals surface area contributed by atoms with Crippen LogP contribution in [0.4, 0.5) is 5.69 Å². The number of unbranched alkanes of at least 4 members (excludes halogenated alkanes) is 6. The van der Waals surface area contributed by atoms with Gasteiger partial charge >= 0.3 is 0 Å². The van der Waals surface area contributed by atoms with E-state index in [0.717, 1.165) is 11.6 Å². The minimum Gasteiger partial charge on any atom is -0.399 e. The molecule has 0 aliphatic carbocycles. The Morgan fingerprint density at radius 2 is 1.25 bits per heavy atom. The van der Waals surface area contributed by atoms with E-state index in [4.69, 9.17) is 5.73 Å². The van der Waals surface area contributed by atoms with Gasteiger partial charge in [0.15, 0.2) is 0 Å². The van der Waals surface area contributed by atoms with E-state index >= 15 is 0 Å². The highest BCUT2D eigenvalue weighted by atomic mass is 14.5. The van der Waals surface area contributed by atoms with Crippen molar-refractivity contribution in [2.24, 2.45) is 0 Å². The molecule has 114 valence electrons. The van der Waals surface area contributed by atoms with E-state index in [1.807, 2.05) is 0 Å². The highest BCUT2D eigenvalue weighted by molar-refractivity contribution is 5.40. The number of nitrogen functional groups attached to an aromatic ring is 1. The monoisotopic (exact) mass is 275 g/mol. The maximum atomic E-state index is 5.81. The lowest BCUT2D eigenvalue weighted by atomic mass is 9.88. The van der Waals surface area contributed by atoms with Crippen molar-refractivity contribution in [2.45, 2.75) is 84.0 Å². The summed E-state index contributed by atoms with van der Waals surface area (Å²) in [7, 11) is 0. The molecule has 0 bridgehead atoms. The van der Waals surface area contributed by atoms with Crippen LogP contribution in [-0.2, 0) is 0 Å². The summed E-state index contributed by atoms with van der Waals surface area (Å²) in [5.41, 5.74) is 8.18. The van der Waals surface area contributed by atoms with Crippen LogP contribution in [0, 0.1) is 0 Å². The summed E-state index contributed by atoms with van der Waals surface area (Å²) < 4.78 is 0. The quantitative estimate of drug-likeness (QED) is 0.372. The SMILES string of the molecule is CCCCCCC(CCCCCC)c1ccc(N)cc1. The molecule has 0 saturated heterocycles. The first-order valence-electron chi connectivity index (χ1n) is 8.63. The third kappa shape index (κ3) is 6.98. The van der Waals surface area contributed by atoms with E-state index < -0.39 is 0 Å². The fraction of sp³-hybridized carbons (Fsp3) is 0.684. The van der Waals surface area contributed by atoms with E-state index in [1.54, 1.807) is 0 Å². The number of nitrogens with two attached hydrogens (primary N) is 1. The van der Waals surface area contributed by atoms with Crippen molar-refractivity contribution in [1.82, 2.24) is 0 Å². The first-order chi connectivity index (χ1) is 9.77. The molecule has 2 N–H and O–H groups in total. The Morgan fingerprint density at radius 1 is 0.750 bits per heavy atom. The summed E-state index contributed by atoms with van der Waals surface area (Å²) in [6.45, 7) is 4.56. The molecule has 0 amide bonds. The molecular weight excluding hydrogens is 242 g/mol. The van der Waals surface area contributed by atoms with Crippen LogP contribution in [0.15, 0.2) is 24.3 Å². The summed E-state index contributed by atoms with van der Waals surface area (Å²) in [5, 5.41) is 0. The minimum absolute atomic E-state index is 0.740.